The van der Waals surface area contributed by atoms with Crippen molar-refractivity contribution in [1.82, 2.24) is 4.98 Å². The van der Waals surface area contributed by atoms with Gasteiger partial charge in [0.25, 0.3) is 0 Å². The Hall–Kier alpha value is -0.650. The highest BCUT2D eigenvalue weighted by molar-refractivity contribution is 7.80. The van der Waals surface area contributed by atoms with E-state index in [1.54, 1.807) is 18.3 Å². The van der Waals surface area contributed by atoms with Crippen molar-refractivity contribution < 1.29 is 0 Å². The van der Waals surface area contributed by atoms with Gasteiger partial charge in [0, 0.05) is 11.2 Å². The summed E-state index contributed by atoms with van der Waals surface area (Å²) in [5, 5.41) is 0.656. The van der Waals surface area contributed by atoms with Gasteiger partial charge in [-0.1, -0.05) is 17.5 Å². The molecule has 0 saturated carbocycles. The highest BCUT2D eigenvalue weighted by Gasteiger charge is 1.88. The number of thiol groups is 1. The van der Waals surface area contributed by atoms with Crippen molar-refractivity contribution in [3.8, 4) is 11.8 Å². The van der Waals surface area contributed by atoms with E-state index in [1.807, 2.05) is 0 Å². The van der Waals surface area contributed by atoms with Crippen LogP contribution >= 0.6 is 24.2 Å². The first-order valence-electron chi connectivity index (χ1n) is 3.04. The Morgan fingerprint density at radius 1 is 1.64 bits per heavy atom. The molecule has 1 nitrogen and oxygen atoms in total. The average Bonchev–Trinajstić information content (AvgIpc) is 2.01. The molecule has 0 radical (unpaired) electrons. The van der Waals surface area contributed by atoms with Crippen molar-refractivity contribution >= 4 is 24.2 Å². The number of hydrogen-bond donors (Lipinski definition) is 1. The Labute approximate surface area is 76.2 Å². The lowest BCUT2D eigenvalue weighted by Crippen LogP contribution is -1.79. The Balaban J connectivity index is 2.87. The van der Waals surface area contributed by atoms with E-state index in [4.69, 9.17) is 11.6 Å². The average molecular weight is 184 g/mol. The Bertz CT molecular complexity index is 300. The van der Waals surface area contributed by atoms with Gasteiger partial charge in [0.2, 0.25) is 0 Å². The predicted molar refractivity (Wildman–Crippen MR) is 50.0 cm³/mol. The molecule has 56 valence electrons. The van der Waals surface area contributed by atoms with Crippen LogP contribution in [-0.4, -0.2) is 10.7 Å². The summed E-state index contributed by atoms with van der Waals surface area (Å²) in [6.45, 7) is 0. The highest BCUT2D eigenvalue weighted by Crippen LogP contribution is 2.06. The fourth-order valence-electron chi connectivity index (χ4n) is 0.603. The molecule has 1 heterocycles. The topological polar surface area (TPSA) is 12.9 Å². The summed E-state index contributed by atoms with van der Waals surface area (Å²) < 4.78 is 0. The summed E-state index contributed by atoms with van der Waals surface area (Å²) in [5.41, 5.74) is 0.687. The van der Waals surface area contributed by atoms with E-state index in [1.165, 1.54) is 0 Å². The fraction of sp³-hybridized carbons (Fsp3) is 0.125. The van der Waals surface area contributed by atoms with Gasteiger partial charge in [-0.05, 0) is 18.1 Å². The van der Waals surface area contributed by atoms with Crippen molar-refractivity contribution in [2.75, 3.05) is 5.75 Å². The summed E-state index contributed by atoms with van der Waals surface area (Å²) in [6.07, 6.45) is 1.63. The van der Waals surface area contributed by atoms with Crippen LogP contribution in [0.25, 0.3) is 0 Å². The van der Waals surface area contributed by atoms with Gasteiger partial charge < -0.3 is 0 Å². The lowest BCUT2D eigenvalue weighted by molar-refractivity contribution is 1.29. The van der Waals surface area contributed by atoms with E-state index >= 15 is 0 Å². The molecule has 0 aliphatic carbocycles. The molecule has 1 rings (SSSR count). The normalized spacial score (nSPS) is 8.55. The molecule has 0 amide bonds. The van der Waals surface area contributed by atoms with Crippen LogP contribution in [0.3, 0.4) is 0 Å². The van der Waals surface area contributed by atoms with Crippen molar-refractivity contribution in [3.05, 3.63) is 29.0 Å². The predicted octanol–water partition coefficient (Wildman–Crippen LogP) is 2.02. The lowest BCUT2D eigenvalue weighted by Gasteiger charge is -1.88. The third kappa shape index (κ3) is 2.83. The van der Waals surface area contributed by atoms with Gasteiger partial charge in [0.1, 0.15) is 5.69 Å². The number of rotatable bonds is 0. The van der Waals surface area contributed by atoms with Crippen molar-refractivity contribution in [3.63, 3.8) is 0 Å². The maximum Gasteiger partial charge on any atom is 0.114 e. The Kier molecular flexibility index (Phi) is 3.28. The standard InChI is InChI=1S/C8H6ClNS/c9-7-3-4-10-8(6-7)2-1-5-11/h3-4,6,11H,5H2. The first-order valence-corrected chi connectivity index (χ1v) is 4.05. The first kappa shape index (κ1) is 8.45. The van der Waals surface area contributed by atoms with Crippen molar-refractivity contribution in [2.45, 2.75) is 0 Å². The van der Waals surface area contributed by atoms with E-state index < -0.39 is 0 Å². The molecule has 0 bridgehead atoms. The van der Waals surface area contributed by atoms with Gasteiger partial charge in [0.05, 0.1) is 5.75 Å². The van der Waals surface area contributed by atoms with E-state index in [2.05, 4.69) is 29.5 Å². The zero-order valence-corrected chi connectivity index (χ0v) is 7.36. The molecule has 0 fully saturated rings. The largest absolute Gasteiger partial charge is 0.248 e. The minimum absolute atomic E-state index is 0.536. The van der Waals surface area contributed by atoms with Gasteiger partial charge in [-0.25, -0.2) is 4.98 Å². The number of pyridine rings is 1. The van der Waals surface area contributed by atoms with Crippen LogP contribution in [0.1, 0.15) is 5.69 Å². The molecule has 0 aliphatic heterocycles. The van der Waals surface area contributed by atoms with Crippen molar-refractivity contribution in [1.29, 1.82) is 0 Å². The summed E-state index contributed by atoms with van der Waals surface area (Å²) in [7, 11) is 0. The SMILES string of the molecule is SCC#Cc1cc(Cl)ccn1. The molecule has 3 heteroatoms. The molecule has 0 aromatic carbocycles. The highest BCUT2D eigenvalue weighted by atomic mass is 35.5. The zero-order valence-electron chi connectivity index (χ0n) is 5.71. The van der Waals surface area contributed by atoms with Gasteiger partial charge in [-0.3, -0.25) is 0 Å². The maximum absolute atomic E-state index is 5.70. The molecule has 1 aromatic rings. The van der Waals surface area contributed by atoms with Crippen LogP contribution in [0, 0.1) is 11.8 Å². The minimum atomic E-state index is 0.536. The monoisotopic (exact) mass is 183 g/mol. The number of hydrogen-bond acceptors (Lipinski definition) is 2. The smallest absolute Gasteiger partial charge is 0.114 e. The summed E-state index contributed by atoms with van der Waals surface area (Å²) in [6, 6.07) is 3.44. The van der Waals surface area contributed by atoms with Crippen LogP contribution < -0.4 is 0 Å². The maximum atomic E-state index is 5.70. The lowest BCUT2D eigenvalue weighted by atomic mass is 10.3. The third-order valence-electron chi connectivity index (χ3n) is 1.02. The second-order valence-electron chi connectivity index (χ2n) is 1.82. The minimum Gasteiger partial charge on any atom is -0.248 e. The molecule has 0 spiro atoms. The summed E-state index contributed by atoms with van der Waals surface area (Å²) in [4.78, 5) is 3.99. The van der Waals surface area contributed by atoms with E-state index in [-0.39, 0.29) is 0 Å². The third-order valence-corrected chi connectivity index (χ3v) is 1.41. The number of nitrogens with zero attached hydrogens (tertiary/aromatic N) is 1. The molecule has 0 unspecified atom stereocenters. The molecule has 0 saturated heterocycles. The molecule has 1 aromatic heterocycles. The van der Waals surface area contributed by atoms with Gasteiger partial charge in [-0.2, -0.15) is 12.6 Å². The first-order chi connectivity index (χ1) is 5.33. The van der Waals surface area contributed by atoms with Gasteiger partial charge in [0.15, 0.2) is 0 Å². The van der Waals surface area contributed by atoms with Crippen LogP contribution in [0.5, 0.6) is 0 Å². The van der Waals surface area contributed by atoms with Gasteiger partial charge in [-0.15, -0.1) is 0 Å². The molecular weight excluding hydrogens is 178 g/mol. The molecular formula is C8H6ClNS. The fourth-order valence-corrected chi connectivity index (χ4v) is 0.842. The molecule has 0 N–H and O–H groups in total. The summed E-state index contributed by atoms with van der Waals surface area (Å²) >= 11 is 9.64. The molecule has 0 atom stereocenters. The number of halogens is 1. The van der Waals surface area contributed by atoms with Crippen molar-refractivity contribution in [2.24, 2.45) is 0 Å². The van der Waals surface area contributed by atoms with E-state index in [9.17, 15) is 0 Å². The zero-order chi connectivity index (χ0) is 8.10. The van der Waals surface area contributed by atoms with Crippen LogP contribution in [0.15, 0.2) is 18.3 Å². The van der Waals surface area contributed by atoms with Crippen LogP contribution in [0.2, 0.25) is 5.02 Å². The summed E-state index contributed by atoms with van der Waals surface area (Å²) in [5.74, 6) is 6.13. The van der Waals surface area contributed by atoms with Crippen LogP contribution in [0.4, 0.5) is 0 Å². The molecule has 11 heavy (non-hydrogen) atoms. The Morgan fingerprint density at radius 3 is 3.09 bits per heavy atom. The number of aromatic nitrogens is 1. The van der Waals surface area contributed by atoms with E-state index in [0.29, 0.717) is 16.5 Å². The van der Waals surface area contributed by atoms with Gasteiger partial charge >= 0.3 is 0 Å². The Morgan fingerprint density at radius 2 is 2.45 bits per heavy atom. The van der Waals surface area contributed by atoms with Crippen LogP contribution in [-0.2, 0) is 0 Å². The quantitative estimate of drug-likeness (QED) is 0.480. The van der Waals surface area contributed by atoms with E-state index in [0.717, 1.165) is 0 Å². The second-order valence-corrected chi connectivity index (χ2v) is 2.57. The second kappa shape index (κ2) is 4.27. The molecule has 0 aliphatic rings.